The highest BCUT2D eigenvalue weighted by Crippen LogP contribution is 2.60. The number of fused-ring (bicyclic) bond motifs is 2. The molecular formula is C25H21NO4. The maximum absolute atomic E-state index is 14.1. The fourth-order valence-electron chi connectivity index (χ4n) is 5.69. The average molecular weight is 399 g/mol. The van der Waals surface area contributed by atoms with Crippen LogP contribution in [-0.4, -0.2) is 22.8 Å². The van der Waals surface area contributed by atoms with E-state index in [1.54, 1.807) is 0 Å². The van der Waals surface area contributed by atoms with Gasteiger partial charge in [-0.05, 0) is 36.1 Å². The Labute approximate surface area is 174 Å². The van der Waals surface area contributed by atoms with Crippen LogP contribution in [0, 0.1) is 0 Å². The topological polar surface area (TPSA) is 55.8 Å². The molecule has 2 aliphatic carbocycles. The first-order valence-electron chi connectivity index (χ1n) is 10.3. The molecule has 0 saturated carbocycles. The van der Waals surface area contributed by atoms with Gasteiger partial charge >= 0.3 is 0 Å². The lowest BCUT2D eigenvalue weighted by molar-refractivity contribution is -0.339. The second kappa shape index (κ2) is 5.78. The monoisotopic (exact) mass is 399 g/mol. The van der Waals surface area contributed by atoms with E-state index >= 15 is 0 Å². The second-order valence-corrected chi connectivity index (χ2v) is 8.62. The van der Waals surface area contributed by atoms with E-state index in [0.717, 1.165) is 22.3 Å². The Kier molecular flexibility index (Phi) is 3.43. The first kappa shape index (κ1) is 17.8. The van der Waals surface area contributed by atoms with Crippen molar-refractivity contribution in [2.24, 2.45) is 0 Å². The molecule has 2 aromatic rings. The van der Waals surface area contributed by atoms with Gasteiger partial charge in [0.1, 0.15) is 23.0 Å². The molecule has 2 aromatic carbocycles. The van der Waals surface area contributed by atoms with Crippen LogP contribution in [0.5, 0.6) is 0 Å². The van der Waals surface area contributed by atoms with Crippen LogP contribution in [-0.2, 0) is 30.2 Å². The molecule has 3 heterocycles. The highest BCUT2D eigenvalue weighted by atomic mass is 17.2. The first-order chi connectivity index (χ1) is 14.5. The van der Waals surface area contributed by atoms with Gasteiger partial charge in [-0.1, -0.05) is 72.8 Å². The lowest BCUT2D eigenvalue weighted by Gasteiger charge is -2.46. The van der Waals surface area contributed by atoms with Crippen LogP contribution in [0.4, 0.5) is 0 Å². The Balaban J connectivity index is 1.80. The second-order valence-electron chi connectivity index (χ2n) is 8.62. The number of rotatable bonds is 1. The quantitative estimate of drug-likeness (QED) is 0.416. The number of likely N-dealkylation sites (tertiary alicyclic amines) is 1. The fourth-order valence-corrected chi connectivity index (χ4v) is 5.69. The third-order valence-corrected chi connectivity index (χ3v) is 6.94. The zero-order chi connectivity index (χ0) is 20.7. The van der Waals surface area contributed by atoms with Crippen molar-refractivity contribution in [1.29, 1.82) is 0 Å². The molecule has 150 valence electrons. The third-order valence-electron chi connectivity index (χ3n) is 6.94. The number of benzene rings is 2. The smallest absolute Gasteiger partial charge is 0.245 e. The minimum atomic E-state index is -1.17. The van der Waals surface area contributed by atoms with Crippen LogP contribution >= 0.6 is 0 Å². The highest BCUT2D eigenvalue weighted by Gasteiger charge is 2.71. The molecule has 2 amide bonds. The van der Waals surface area contributed by atoms with Crippen molar-refractivity contribution in [3.63, 3.8) is 0 Å². The predicted molar refractivity (Wildman–Crippen MR) is 109 cm³/mol. The summed E-state index contributed by atoms with van der Waals surface area (Å²) in [6, 6.07) is 15.2. The largest absolute Gasteiger partial charge is 0.278 e. The molecule has 5 nitrogen and oxygen atoms in total. The molecule has 4 atom stereocenters. The number of imide groups is 1. The molecule has 1 saturated heterocycles. The van der Waals surface area contributed by atoms with Gasteiger partial charge in [-0.2, -0.15) is 0 Å². The molecule has 4 bridgehead atoms. The maximum Gasteiger partial charge on any atom is 0.245 e. The lowest BCUT2D eigenvalue weighted by Crippen LogP contribution is -2.53. The minimum absolute atomic E-state index is 0.191. The first-order valence-corrected chi connectivity index (χ1v) is 10.3. The molecule has 5 aliphatic rings. The van der Waals surface area contributed by atoms with Crippen molar-refractivity contribution < 1.29 is 19.4 Å². The highest BCUT2D eigenvalue weighted by molar-refractivity contribution is 6.19. The van der Waals surface area contributed by atoms with E-state index in [1.165, 1.54) is 4.90 Å². The van der Waals surface area contributed by atoms with E-state index in [4.69, 9.17) is 9.78 Å². The van der Waals surface area contributed by atoms with E-state index in [2.05, 4.69) is 0 Å². The standard InChI is InChI=1S/C25H21NO4/c1-15(2)26-22(27)24-13-11-20(16-7-3-5-9-18(16)24)29-30-21-12-14-25(24,23(26)28)19-10-6-4-8-17(19)21/h3-15,20-21H,1-2H3. The van der Waals surface area contributed by atoms with Crippen molar-refractivity contribution in [3.05, 3.63) is 95.1 Å². The molecule has 7 rings (SSSR count). The number of amides is 2. The summed E-state index contributed by atoms with van der Waals surface area (Å²) in [4.78, 5) is 41.4. The summed E-state index contributed by atoms with van der Waals surface area (Å²) in [6.45, 7) is 3.77. The molecule has 5 heteroatoms. The number of nitrogens with zero attached hydrogens (tertiary/aromatic N) is 1. The Morgan fingerprint density at radius 1 is 0.767 bits per heavy atom. The molecule has 1 fully saturated rings. The van der Waals surface area contributed by atoms with E-state index in [1.807, 2.05) is 86.7 Å². The van der Waals surface area contributed by atoms with Gasteiger partial charge in [0.2, 0.25) is 11.8 Å². The van der Waals surface area contributed by atoms with Gasteiger partial charge in [-0.15, -0.1) is 0 Å². The zero-order valence-electron chi connectivity index (χ0n) is 16.7. The van der Waals surface area contributed by atoms with E-state index < -0.39 is 23.0 Å². The van der Waals surface area contributed by atoms with Crippen LogP contribution in [0.25, 0.3) is 0 Å². The Morgan fingerprint density at radius 3 is 1.63 bits per heavy atom. The molecule has 0 radical (unpaired) electrons. The molecule has 2 spiro atoms. The third kappa shape index (κ3) is 1.81. The van der Waals surface area contributed by atoms with Gasteiger partial charge < -0.3 is 0 Å². The summed E-state index contributed by atoms with van der Waals surface area (Å²) in [5.41, 5.74) is 0.957. The van der Waals surface area contributed by atoms with Crippen molar-refractivity contribution in [1.82, 2.24) is 4.90 Å². The molecular weight excluding hydrogens is 378 g/mol. The number of hydrogen-bond donors (Lipinski definition) is 0. The molecule has 30 heavy (non-hydrogen) atoms. The van der Waals surface area contributed by atoms with Crippen LogP contribution in [0.15, 0.2) is 72.8 Å². The summed E-state index contributed by atoms with van der Waals surface area (Å²) in [5, 5.41) is 0. The molecule has 3 aliphatic heterocycles. The summed E-state index contributed by atoms with van der Waals surface area (Å²) in [5.74, 6) is -0.381. The van der Waals surface area contributed by atoms with Crippen LogP contribution in [0.3, 0.4) is 0 Å². The lowest BCUT2D eigenvalue weighted by atomic mass is 9.53. The minimum Gasteiger partial charge on any atom is -0.278 e. The maximum atomic E-state index is 14.1. The normalized spacial score (nSPS) is 33.1. The number of hydrogen-bond acceptors (Lipinski definition) is 4. The molecule has 0 N–H and O–H groups in total. The van der Waals surface area contributed by atoms with Crippen molar-refractivity contribution in [3.8, 4) is 0 Å². The van der Waals surface area contributed by atoms with Gasteiger partial charge in [0.05, 0.1) is 0 Å². The predicted octanol–water partition coefficient (Wildman–Crippen LogP) is 3.82. The van der Waals surface area contributed by atoms with E-state index in [0.29, 0.717) is 0 Å². The molecule has 4 unspecified atom stereocenters. The summed E-state index contributed by atoms with van der Waals surface area (Å²) in [6.07, 6.45) is 6.57. The Morgan fingerprint density at radius 2 is 1.20 bits per heavy atom. The van der Waals surface area contributed by atoms with Gasteiger partial charge in [-0.3, -0.25) is 14.5 Å². The van der Waals surface area contributed by atoms with Crippen LogP contribution in [0.2, 0.25) is 0 Å². The van der Waals surface area contributed by atoms with Crippen molar-refractivity contribution in [2.75, 3.05) is 0 Å². The van der Waals surface area contributed by atoms with E-state index in [-0.39, 0.29) is 17.9 Å². The SMILES string of the molecule is CC(C)N1C(=O)C23C=CC(OOC4C=CC2(C1=O)c1ccccc14)c1ccccc13. The van der Waals surface area contributed by atoms with Crippen molar-refractivity contribution in [2.45, 2.75) is 42.9 Å². The van der Waals surface area contributed by atoms with Crippen LogP contribution in [0.1, 0.15) is 48.3 Å². The van der Waals surface area contributed by atoms with Crippen molar-refractivity contribution >= 4 is 11.8 Å². The number of carbonyl (C=O) groups excluding carboxylic acids is 2. The fraction of sp³-hybridized carbons (Fsp3) is 0.280. The van der Waals surface area contributed by atoms with Gasteiger partial charge in [-0.25, -0.2) is 9.78 Å². The van der Waals surface area contributed by atoms with E-state index in [9.17, 15) is 9.59 Å². The summed E-state index contributed by atoms with van der Waals surface area (Å²) in [7, 11) is 0. The Hall–Kier alpha value is -3.02. The summed E-state index contributed by atoms with van der Waals surface area (Å²) >= 11 is 0. The zero-order valence-corrected chi connectivity index (χ0v) is 16.7. The molecule has 0 aromatic heterocycles. The summed E-state index contributed by atoms with van der Waals surface area (Å²) < 4.78 is 0. The Bertz CT molecular complexity index is 1080. The van der Waals surface area contributed by atoms with Crippen LogP contribution < -0.4 is 0 Å². The number of carbonyl (C=O) groups is 2. The van der Waals surface area contributed by atoms with Gasteiger partial charge in [0.25, 0.3) is 0 Å². The van der Waals surface area contributed by atoms with Gasteiger partial charge in [0, 0.05) is 6.04 Å². The van der Waals surface area contributed by atoms with Gasteiger partial charge in [0.15, 0.2) is 0 Å². The average Bonchev–Trinajstić information content (AvgIpc) is 2.95.